The van der Waals surface area contributed by atoms with E-state index in [1.807, 2.05) is 0 Å². The van der Waals surface area contributed by atoms with E-state index in [9.17, 15) is 34.8 Å². The summed E-state index contributed by atoms with van der Waals surface area (Å²) >= 11 is 8.27. The zero-order valence-electron chi connectivity index (χ0n) is 6.25. The van der Waals surface area contributed by atoms with Gasteiger partial charge in [-0.05, 0) is 0 Å². The molecule has 0 N–H and O–H groups in total. The Morgan fingerprint density at radius 1 is 0.733 bits per heavy atom. The molecule has 15 heavy (non-hydrogen) atoms. The Balaban J connectivity index is 3.71. The lowest BCUT2D eigenvalue weighted by atomic mass is 10.2. The number of hydrogen-bond donors (Lipinski definition) is 0. The second kappa shape index (κ2) is 2.67. The van der Waals surface area contributed by atoms with Crippen LogP contribution in [0.3, 0.4) is 0 Å². The number of rotatable bonds is 0. The van der Waals surface area contributed by atoms with Crippen molar-refractivity contribution in [1.82, 2.24) is 0 Å². The molecule has 0 aliphatic carbocycles. The van der Waals surface area contributed by atoms with Gasteiger partial charge in [-0.15, -0.1) is 0 Å². The second-order valence-corrected chi connectivity index (χ2v) is 5.76. The Morgan fingerprint density at radius 2 is 0.933 bits per heavy atom. The maximum atomic E-state index is 12.8. The van der Waals surface area contributed by atoms with Crippen LogP contribution in [0.2, 0.25) is 0 Å². The fourth-order valence-corrected chi connectivity index (χ4v) is 3.10. The van der Waals surface area contributed by atoms with Crippen molar-refractivity contribution in [1.29, 1.82) is 0 Å². The average Bonchev–Trinajstić information content (AvgIpc) is 2.04. The first-order valence-electron chi connectivity index (χ1n) is 3.00. The van der Waals surface area contributed by atoms with E-state index < -0.39 is 30.6 Å². The van der Waals surface area contributed by atoms with Crippen LogP contribution in [0.15, 0.2) is 0 Å². The van der Waals surface area contributed by atoms with Crippen LogP contribution >= 0.6 is 23.2 Å². The minimum atomic E-state index is -6.80. The van der Waals surface area contributed by atoms with E-state index in [-0.39, 0.29) is 0 Å². The summed E-state index contributed by atoms with van der Waals surface area (Å²) in [4.78, 5) is 0. The van der Waals surface area contributed by atoms with E-state index in [0.29, 0.717) is 0 Å². The number of sulfone groups is 1. The molecule has 1 fully saturated rings. The van der Waals surface area contributed by atoms with Crippen molar-refractivity contribution in [2.24, 2.45) is 0 Å². The molecule has 0 aromatic rings. The highest BCUT2D eigenvalue weighted by atomic mass is 35.5. The van der Waals surface area contributed by atoms with Crippen molar-refractivity contribution < 1.29 is 34.8 Å². The van der Waals surface area contributed by atoms with Crippen molar-refractivity contribution in [3.63, 3.8) is 0 Å². The third-order valence-electron chi connectivity index (χ3n) is 1.80. The van der Waals surface area contributed by atoms with Gasteiger partial charge in [0, 0.05) is 0 Å². The minimum Gasteiger partial charge on any atom is -0.216 e. The molecule has 11 heteroatoms. The normalized spacial score (nSPS) is 46.7. The Kier molecular flexibility index (Phi) is 2.35. The molecule has 0 aromatic heterocycles. The van der Waals surface area contributed by atoms with E-state index in [1.165, 1.54) is 0 Å². The number of halogens is 8. The average molecular weight is 297 g/mol. The van der Waals surface area contributed by atoms with Gasteiger partial charge >= 0.3 is 20.8 Å². The van der Waals surface area contributed by atoms with Crippen molar-refractivity contribution >= 4 is 33.0 Å². The lowest BCUT2D eigenvalue weighted by molar-refractivity contribution is -0.104. The summed E-state index contributed by atoms with van der Waals surface area (Å²) in [7, 11) is -6.80. The highest BCUT2D eigenvalue weighted by Gasteiger charge is 2.94. The molecule has 1 aliphatic heterocycles. The first kappa shape index (κ1) is 13.2. The summed E-state index contributed by atoms with van der Waals surface area (Å²) in [5.41, 5.74) is 0. The number of hydrogen-bond acceptors (Lipinski definition) is 2. The Hall–Kier alpha value is 0.110. The van der Waals surface area contributed by atoms with Gasteiger partial charge in [0.05, 0.1) is 0 Å². The molecule has 2 atom stereocenters. The van der Waals surface area contributed by atoms with Crippen LogP contribution in [0.25, 0.3) is 0 Å². The van der Waals surface area contributed by atoms with Crippen LogP contribution < -0.4 is 0 Å². The molecule has 1 rings (SSSR count). The molecular formula is C4Cl2F6O2S. The summed E-state index contributed by atoms with van der Waals surface area (Å²) in [6.45, 7) is 0. The molecule has 1 heterocycles. The van der Waals surface area contributed by atoms with Crippen molar-refractivity contribution in [2.75, 3.05) is 0 Å². The predicted molar refractivity (Wildman–Crippen MR) is 38.2 cm³/mol. The van der Waals surface area contributed by atoms with E-state index >= 15 is 0 Å². The Labute approximate surface area is 89.1 Å². The monoisotopic (exact) mass is 296 g/mol. The first-order chi connectivity index (χ1) is 6.25. The van der Waals surface area contributed by atoms with Crippen LogP contribution in [0.1, 0.15) is 0 Å². The van der Waals surface area contributed by atoms with Gasteiger partial charge in [0.15, 0.2) is 0 Å². The quantitative estimate of drug-likeness (QED) is 0.508. The molecule has 2 unspecified atom stereocenters. The smallest absolute Gasteiger partial charge is 0.216 e. The predicted octanol–water partition coefficient (Wildman–Crippen LogP) is 2.41. The molecule has 0 saturated carbocycles. The summed E-state index contributed by atoms with van der Waals surface area (Å²) in [6.07, 6.45) is 0. The Bertz CT molecular complexity index is 369. The van der Waals surface area contributed by atoms with Crippen LogP contribution in [0, 0.1) is 0 Å². The number of alkyl halides is 8. The summed E-state index contributed by atoms with van der Waals surface area (Å²) in [5, 5.41) is -22.2. The second-order valence-electron chi connectivity index (χ2n) is 2.69. The largest absolute Gasteiger partial charge is 0.403 e. The minimum absolute atomic E-state index is 4.14. The standard InChI is InChI=1S/C4Cl2F6O2S/c5-1(7)2(6,8)4(11,12)15(13,14)3(1,9)10. The molecular weight excluding hydrogens is 297 g/mol. The molecule has 0 bridgehead atoms. The van der Waals surface area contributed by atoms with Crippen LogP contribution in [0.5, 0.6) is 0 Å². The molecule has 0 aromatic carbocycles. The molecule has 0 radical (unpaired) electrons. The van der Waals surface area contributed by atoms with Gasteiger partial charge in [0.1, 0.15) is 0 Å². The van der Waals surface area contributed by atoms with Crippen molar-refractivity contribution in [3.05, 3.63) is 0 Å². The lowest BCUT2D eigenvalue weighted by Gasteiger charge is -2.24. The lowest BCUT2D eigenvalue weighted by Crippen LogP contribution is -2.49. The van der Waals surface area contributed by atoms with Crippen LogP contribution in [-0.2, 0) is 9.84 Å². The van der Waals surface area contributed by atoms with Gasteiger partial charge < -0.3 is 0 Å². The zero-order chi connectivity index (χ0) is 12.5. The third kappa shape index (κ3) is 1.02. The van der Waals surface area contributed by atoms with Crippen LogP contribution in [0.4, 0.5) is 26.3 Å². The molecule has 0 amide bonds. The van der Waals surface area contributed by atoms with Gasteiger partial charge in [-0.3, -0.25) is 0 Å². The fraction of sp³-hybridized carbons (Fsp3) is 1.00. The highest BCUT2D eigenvalue weighted by Crippen LogP contribution is 2.66. The van der Waals surface area contributed by atoms with Gasteiger partial charge in [-0.25, -0.2) is 17.2 Å². The maximum absolute atomic E-state index is 12.8. The zero-order valence-corrected chi connectivity index (χ0v) is 8.58. The SMILES string of the molecule is O=S1(=O)C(F)(F)C(F)(Cl)C(F)(Cl)C1(F)F. The van der Waals surface area contributed by atoms with Crippen molar-refractivity contribution in [2.45, 2.75) is 20.8 Å². The van der Waals surface area contributed by atoms with Gasteiger partial charge in [-0.2, -0.15) is 17.6 Å². The van der Waals surface area contributed by atoms with Crippen LogP contribution in [-0.4, -0.2) is 29.2 Å². The van der Waals surface area contributed by atoms with Gasteiger partial charge in [-0.1, -0.05) is 23.2 Å². The highest BCUT2D eigenvalue weighted by molar-refractivity contribution is 7.94. The van der Waals surface area contributed by atoms with Gasteiger partial charge in [0.25, 0.3) is 9.84 Å². The first-order valence-corrected chi connectivity index (χ1v) is 5.24. The summed E-state index contributed by atoms with van der Waals surface area (Å²) in [6, 6.07) is 0. The molecule has 0 spiro atoms. The van der Waals surface area contributed by atoms with E-state index in [4.69, 9.17) is 0 Å². The maximum Gasteiger partial charge on any atom is 0.403 e. The molecule has 1 saturated heterocycles. The third-order valence-corrected chi connectivity index (χ3v) is 5.03. The fourth-order valence-electron chi connectivity index (χ4n) is 0.864. The molecule has 1 aliphatic rings. The van der Waals surface area contributed by atoms with E-state index in [2.05, 4.69) is 23.2 Å². The van der Waals surface area contributed by atoms with Gasteiger partial charge in [0.2, 0.25) is 0 Å². The molecule has 2 nitrogen and oxygen atoms in total. The molecule has 90 valence electrons. The Morgan fingerprint density at radius 3 is 1.00 bits per heavy atom. The summed E-state index contributed by atoms with van der Waals surface area (Å²) < 4.78 is 96.8. The van der Waals surface area contributed by atoms with E-state index in [1.54, 1.807) is 0 Å². The summed E-state index contributed by atoms with van der Waals surface area (Å²) in [5.74, 6) is 0. The topological polar surface area (TPSA) is 34.1 Å². The van der Waals surface area contributed by atoms with E-state index in [0.717, 1.165) is 0 Å². The van der Waals surface area contributed by atoms with Crippen molar-refractivity contribution in [3.8, 4) is 0 Å².